The maximum atomic E-state index is 13.5. The number of thiazole rings is 1. The molecule has 0 aliphatic carbocycles. The molecule has 3 nitrogen and oxygen atoms in total. The van der Waals surface area contributed by atoms with Crippen molar-refractivity contribution in [2.24, 2.45) is 0 Å². The Bertz CT molecular complexity index is 706. The van der Waals surface area contributed by atoms with E-state index in [1.807, 2.05) is 0 Å². The Morgan fingerprint density at radius 3 is 2.18 bits per heavy atom. The number of nitrogens with zero attached hydrogens (tertiary/aromatic N) is 1. The zero-order chi connectivity index (χ0) is 16.7. The van der Waals surface area contributed by atoms with Gasteiger partial charge in [-0.3, -0.25) is 4.79 Å². The molecule has 1 heterocycles. The fraction of sp³-hybridized carbons (Fsp3) is 0.231. The van der Waals surface area contributed by atoms with E-state index in [9.17, 15) is 26.7 Å². The average molecular weight is 336 g/mol. The van der Waals surface area contributed by atoms with Crippen LogP contribution in [0.1, 0.15) is 26.5 Å². The Labute approximate surface area is 125 Å². The number of nitrogens with two attached hydrogens (primary N) is 1. The lowest BCUT2D eigenvalue weighted by Gasteiger charge is -2.18. The molecule has 0 atom stereocenters. The van der Waals surface area contributed by atoms with Crippen LogP contribution < -0.4 is 5.73 Å². The first-order valence-electron chi connectivity index (χ1n) is 5.86. The molecule has 0 saturated carbocycles. The summed E-state index contributed by atoms with van der Waals surface area (Å²) < 4.78 is 64.4. The van der Waals surface area contributed by atoms with Gasteiger partial charge in [-0.1, -0.05) is 41.2 Å². The van der Waals surface area contributed by atoms with Gasteiger partial charge in [-0.25, -0.2) is 4.98 Å². The number of carbonyl (C=O) groups is 1. The summed E-state index contributed by atoms with van der Waals surface area (Å²) >= 11 is 0.302. The van der Waals surface area contributed by atoms with Crippen LogP contribution in [0.15, 0.2) is 24.3 Å². The first-order chi connectivity index (χ1) is 10.0. The average Bonchev–Trinajstić information content (AvgIpc) is 2.80. The summed E-state index contributed by atoms with van der Waals surface area (Å²) in [5, 5.41) is -0.533. The van der Waals surface area contributed by atoms with Crippen molar-refractivity contribution in [2.75, 3.05) is 5.73 Å². The fourth-order valence-electron chi connectivity index (χ4n) is 1.67. The monoisotopic (exact) mass is 336 g/mol. The maximum Gasteiger partial charge on any atom is 0.459 e. The molecule has 22 heavy (non-hydrogen) atoms. The number of halogens is 5. The highest BCUT2D eigenvalue weighted by atomic mass is 32.1. The van der Waals surface area contributed by atoms with Crippen molar-refractivity contribution in [3.63, 3.8) is 0 Å². The normalized spacial score (nSPS) is 12.5. The van der Waals surface area contributed by atoms with E-state index in [1.54, 1.807) is 19.1 Å². The van der Waals surface area contributed by atoms with Crippen molar-refractivity contribution in [1.82, 2.24) is 4.98 Å². The molecule has 0 fully saturated rings. The SMILES string of the molecule is Cc1ccc(C(=O)c2sc(N)nc2C(F)(F)C(F)(F)F)cc1. The Balaban J connectivity index is 2.53. The first kappa shape index (κ1) is 16.3. The van der Waals surface area contributed by atoms with E-state index in [4.69, 9.17) is 5.73 Å². The fourth-order valence-corrected chi connectivity index (χ4v) is 2.50. The second kappa shape index (κ2) is 5.31. The topological polar surface area (TPSA) is 56.0 Å². The van der Waals surface area contributed by atoms with Gasteiger partial charge >= 0.3 is 12.1 Å². The lowest BCUT2D eigenvalue weighted by atomic mass is 10.0. The molecule has 2 aromatic rings. The quantitative estimate of drug-likeness (QED) is 0.683. The van der Waals surface area contributed by atoms with Crippen molar-refractivity contribution >= 4 is 22.3 Å². The lowest BCUT2D eigenvalue weighted by Crippen LogP contribution is -2.35. The molecule has 2 N–H and O–H groups in total. The molecule has 1 aromatic heterocycles. The van der Waals surface area contributed by atoms with Crippen molar-refractivity contribution in [1.29, 1.82) is 0 Å². The molecule has 0 bridgehead atoms. The number of aromatic nitrogens is 1. The number of nitrogen functional groups attached to an aromatic ring is 1. The molecule has 0 saturated heterocycles. The standard InChI is InChI=1S/C13H9F5N2OS/c1-6-2-4-7(5-3-6)8(21)9-10(20-11(19)22-9)12(14,15)13(16,17)18/h2-5H,1H3,(H2,19,20). The molecule has 1 aromatic carbocycles. The summed E-state index contributed by atoms with van der Waals surface area (Å²) in [6.07, 6.45) is -5.87. The van der Waals surface area contributed by atoms with Gasteiger partial charge in [0.05, 0.1) is 0 Å². The van der Waals surface area contributed by atoms with Gasteiger partial charge in [-0.2, -0.15) is 22.0 Å². The molecule has 0 aliphatic heterocycles. The van der Waals surface area contributed by atoms with E-state index in [-0.39, 0.29) is 5.56 Å². The summed E-state index contributed by atoms with van der Waals surface area (Å²) in [5.41, 5.74) is 4.34. The molecule has 0 radical (unpaired) electrons. The van der Waals surface area contributed by atoms with Crippen molar-refractivity contribution in [2.45, 2.75) is 19.0 Å². The van der Waals surface area contributed by atoms with E-state index in [0.717, 1.165) is 5.56 Å². The summed E-state index contributed by atoms with van der Waals surface area (Å²) in [4.78, 5) is 14.4. The first-order valence-corrected chi connectivity index (χ1v) is 6.68. The maximum absolute atomic E-state index is 13.5. The van der Waals surface area contributed by atoms with Crippen LogP contribution in [0.2, 0.25) is 0 Å². The van der Waals surface area contributed by atoms with Gasteiger partial charge in [-0.05, 0) is 6.92 Å². The largest absolute Gasteiger partial charge is 0.459 e. The van der Waals surface area contributed by atoms with Crippen LogP contribution in [-0.2, 0) is 5.92 Å². The van der Waals surface area contributed by atoms with Crippen molar-refractivity contribution in [3.8, 4) is 0 Å². The number of hydrogen-bond donors (Lipinski definition) is 1. The second-order valence-electron chi connectivity index (χ2n) is 4.50. The second-order valence-corrected chi connectivity index (χ2v) is 5.53. The van der Waals surface area contributed by atoms with Crippen LogP contribution in [-0.4, -0.2) is 16.9 Å². The molecule has 0 unspecified atom stereocenters. The molecule has 0 amide bonds. The zero-order valence-corrected chi connectivity index (χ0v) is 11.9. The van der Waals surface area contributed by atoms with E-state index in [2.05, 4.69) is 4.98 Å². The summed E-state index contributed by atoms with van der Waals surface area (Å²) in [6, 6.07) is 5.75. The number of hydrogen-bond acceptors (Lipinski definition) is 4. The van der Waals surface area contributed by atoms with E-state index >= 15 is 0 Å². The Morgan fingerprint density at radius 1 is 1.14 bits per heavy atom. The van der Waals surface area contributed by atoms with Gasteiger partial charge in [-0.15, -0.1) is 0 Å². The highest BCUT2D eigenvalue weighted by Crippen LogP contribution is 2.46. The molecular formula is C13H9F5N2OS. The number of carbonyl (C=O) groups excluding carboxylic acids is 1. The highest BCUT2D eigenvalue weighted by Gasteiger charge is 2.61. The number of benzene rings is 1. The molecule has 9 heteroatoms. The number of alkyl halides is 5. The van der Waals surface area contributed by atoms with Gasteiger partial charge in [0.2, 0.25) is 5.78 Å². The molecule has 118 valence electrons. The van der Waals surface area contributed by atoms with Gasteiger partial charge in [0.15, 0.2) is 5.13 Å². The molecule has 0 spiro atoms. The van der Waals surface area contributed by atoms with Crippen LogP contribution >= 0.6 is 11.3 Å². The Hall–Kier alpha value is -2.03. The van der Waals surface area contributed by atoms with E-state index in [1.165, 1.54) is 12.1 Å². The summed E-state index contributed by atoms with van der Waals surface area (Å²) in [5.74, 6) is -6.23. The van der Waals surface area contributed by atoms with Crippen LogP contribution in [0.4, 0.5) is 27.1 Å². The zero-order valence-electron chi connectivity index (χ0n) is 11.0. The van der Waals surface area contributed by atoms with Crippen LogP contribution in [0.25, 0.3) is 0 Å². The third-order valence-corrected chi connectivity index (χ3v) is 3.70. The molecular weight excluding hydrogens is 327 g/mol. The smallest absolute Gasteiger partial charge is 0.375 e. The Kier molecular flexibility index (Phi) is 3.94. The number of ketones is 1. The predicted molar refractivity (Wildman–Crippen MR) is 71.1 cm³/mol. The summed E-state index contributed by atoms with van der Waals surface area (Å²) in [7, 11) is 0. The highest BCUT2D eigenvalue weighted by molar-refractivity contribution is 7.17. The minimum Gasteiger partial charge on any atom is -0.375 e. The van der Waals surface area contributed by atoms with Crippen molar-refractivity contribution < 1.29 is 26.7 Å². The third kappa shape index (κ3) is 2.80. The van der Waals surface area contributed by atoms with Gasteiger partial charge in [0, 0.05) is 5.56 Å². The molecule has 0 aliphatic rings. The minimum atomic E-state index is -5.87. The number of anilines is 1. The Morgan fingerprint density at radius 2 is 1.68 bits per heavy atom. The van der Waals surface area contributed by atoms with Gasteiger partial charge < -0.3 is 5.73 Å². The number of aryl methyl sites for hydroxylation is 1. The van der Waals surface area contributed by atoms with Gasteiger partial charge in [0.1, 0.15) is 10.6 Å². The number of rotatable bonds is 3. The van der Waals surface area contributed by atoms with E-state index in [0.29, 0.717) is 11.3 Å². The van der Waals surface area contributed by atoms with Crippen LogP contribution in [0, 0.1) is 6.92 Å². The third-order valence-electron chi connectivity index (χ3n) is 2.82. The molecule has 2 rings (SSSR count). The summed E-state index contributed by atoms with van der Waals surface area (Å²) in [6.45, 7) is 1.74. The van der Waals surface area contributed by atoms with Crippen molar-refractivity contribution in [3.05, 3.63) is 46.0 Å². The van der Waals surface area contributed by atoms with Crippen LogP contribution in [0.5, 0.6) is 0 Å². The van der Waals surface area contributed by atoms with Gasteiger partial charge in [0.25, 0.3) is 0 Å². The van der Waals surface area contributed by atoms with E-state index < -0.39 is 33.6 Å². The minimum absolute atomic E-state index is 0.0199. The predicted octanol–water partition coefficient (Wildman–Crippen LogP) is 3.92. The van der Waals surface area contributed by atoms with Crippen LogP contribution in [0.3, 0.4) is 0 Å². The lowest BCUT2D eigenvalue weighted by molar-refractivity contribution is -0.290.